The Bertz CT molecular complexity index is 722. The van der Waals surface area contributed by atoms with E-state index in [0.29, 0.717) is 6.54 Å². The first kappa shape index (κ1) is 17.8. The van der Waals surface area contributed by atoms with E-state index in [1.165, 1.54) is 4.90 Å². The Balaban J connectivity index is 2.07. The molecule has 2 N–H and O–H groups in total. The Labute approximate surface area is 154 Å². The number of primary amides is 1. The van der Waals surface area contributed by atoms with Crippen LogP contribution in [-0.2, 0) is 4.79 Å². The molecule has 1 heterocycles. The topological polar surface area (TPSA) is 66.6 Å². The zero-order valence-corrected chi connectivity index (χ0v) is 15.1. The Morgan fingerprint density at radius 2 is 1.92 bits per heavy atom. The van der Waals surface area contributed by atoms with Crippen LogP contribution in [0.15, 0.2) is 48.5 Å². The lowest BCUT2D eigenvalue weighted by Gasteiger charge is -2.45. The van der Waals surface area contributed by atoms with Crippen molar-refractivity contribution in [2.24, 2.45) is 5.73 Å². The van der Waals surface area contributed by atoms with Crippen LogP contribution in [0, 0.1) is 12.1 Å². The van der Waals surface area contributed by atoms with Crippen molar-refractivity contribution in [2.75, 3.05) is 13.1 Å². The minimum atomic E-state index is -0.576. The molecular formula is C21H23N3O2. The van der Waals surface area contributed by atoms with Gasteiger partial charge in [-0.15, -0.1) is 0 Å². The number of nitrogens with two attached hydrogens (primary N) is 1. The maximum Gasteiger partial charge on any atom is 0.315 e. The third-order valence-electron chi connectivity index (χ3n) is 4.87. The molecule has 0 radical (unpaired) electrons. The number of rotatable bonds is 4. The number of benzene rings is 1. The van der Waals surface area contributed by atoms with Crippen LogP contribution in [0.3, 0.4) is 0 Å². The largest absolute Gasteiger partial charge is 0.351 e. The molecule has 134 valence electrons. The number of carbonyl (C=O) groups is 2. The Morgan fingerprint density at radius 3 is 2.50 bits per heavy atom. The van der Waals surface area contributed by atoms with Crippen molar-refractivity contribution >= 4 is 11.9 Å². The lowest BCUT2D eigenvalue weighted by atomic mass is 9.83. The number of urea groups is 1. The Kier molecular flexibility index (Phi) is 5.13. The van der Waals surface area contributed by atoms with Crippen LogP contribution in [0.4, 0.5) is 4.79 Å². The molecule has 5 nitrogen and oxygen atoms in total. The molecule has 0 aromatic heterocycles. The van der Waals surface area contributed by atoms with Gasteiger partial charge in [-0.3, -0.25) is 4.79 Å². The number of amides is 3. The molecule has 26 heavy (non-hydrogen) atoms. The second kappa shape index (κ2) is 7.49. The molecule has 1 unspecified atom stereocenters. The monoisotopic (exact) mass is 349 g/mol. The van der Waals surface area contributed by atoms with Crippen LogP contribution in [0.2, 0.25) is 0 Å². The third-order valence-corrected chi connectivity index (χ3v) is 4.87. The van der Waals surface area contributed by atoms with E-state index in [9.17, 15) is 9.59 Å². The van der Waals surface area contributed by atoms with Gasteiger partial charge in [0.25, 0.3) is 0 Å². The van der Waals surface area contributed by atoms with E-state index < -0.39 is 6.03 Å². The second-order valence-corrected chi connectivity index (χ2v) is 6.81. The minimum Gasteiger partial charge on any atom is -0.351 e. The molecule has 3 amide bonds. The van der Waals surface area contributed by atoms with Crippen molar-refractivity contribution in [3.63, 3.8) is 0 Å². The quantitative estimate of drug-likeness (QED) is 0.921. The number of nitrogens with zero attached hydrogens (tertiary/aromatic N) is 2. The summed E-state index contributed by atoms with van der Waals surface area (Å²) in [5.74, 6) is -0.221. The highest BCUT2D eigenvalue weighted by molar-refractivity contribution is 5.85. The molecule has 2 aromatic carbocycles. The number of hydrogen-bond acceptors (Lipinski definition) is 2. The van der Waals surface area contributed by atoms with Crippen molar-refractivity contribution in [3.05, 3.63) is 71.8 Å². The van der Waals surface area contributed by atoms with Gasteiger partial charge < -0.3 is 15.5 Å². The summed E-state index contributed by atoms with van der Waals surface area (Å²) in [6.45, 7) is 4.39. The molecule has 2 atom stereocenters. The van der Waals surface area contributed by atoms with Crippen LogP contribution in [0.25, 0.3) is 0 Å². The van der Waals surface area contributed by atoms with E-state index >= 15 is 0 Å². The molecule has 0 spiro atoms. The Hall–Kier alpha value is -3.00. The molecule has 0 bridgehead atoms. The normalized spacial score (nSPS) is 17.5. The van der Waals surface area contributed by atoms with E-state index in [1.54, 1.807) is 6.07 Å². The first-order valence-corrected chi connectivity index (χ1v) is 8.77. The van der Waals surface area contributed by atoms with Crippen molar-refractivity contribution in [1.82, 2.24) is 9.80 Å². The van der Waals surface area contributed by atoms with Gasteiger partial charge in [-0.25, -0.2) is 4.79 Å². The van der Waals surface area contributed by atoms with E-state index in [4.69, 9.17) is 5.73 Å². The van der Waals surface area contributed by atoms with Gasteiger partial charge in [-0.2, -0.15) is 0 Å². The van der Waals surface area contributed by atoms with E-state index in [0.717, 1.165) is 11.1 Å². The lowest BCUT2D eigenvalue weighted by molar-refractivity contribution is -0.139. The lowest BCUT2D eigenvalue weighted by Crippen LogP contribution is -2.62. The SMILES string of the molecule is CC(C)N1C[C@H](C(c2c#cccc2)c2ccccc2)N(C(N)=O)CC1=O. The van der Waals surface area contributed by atoms with Crippen molar-refractivity contribution < 1.29 is 9.59 Å². The highest BCUT2D eigenvalue weighted by Gasteiger charge is 2.40. The van der Waals surface area contributed by atoms with Crippen LogP contribution in [0.5, 0.6) is 0 Å². The van der Waals surface area contributed by atoms with Gasteiger partial charge in [0, 0.05) is 24.1 Å². The summed E-state index contributed by atoms with van der Waals surface area (Å²) in [4.78, 5) is 27.9. The third kappa shape index (κ3) is 3.50. The van der Waals surface area contributed by atoms with Crippen LogP contribution in [0.1, 0.15) is 30.9 Å². The summed E-state index contributed by atoms with van der Waals surface area (Å²) in [5, 5.41) is 0. The molecule has 3 rings (SSSR count). The summed E-state index contributed by atoms with van der Waals surface area (Å²) in [6.07, 6.45) is 0. The molecule has 1 aliphatic heterocycles. The molecule has 0 aliphatic carbocycles. The van der Waals surface area contributed by atoms with Crippen LogP contribution in [-0.4, -0.2) is 46.9 Å². The van der Waals surface area contributed by atoms with Crippen molar-refractivity contribution in [3.8, 4) is 0 Å². The fraction of sp³-hybridized carbons (Fsp3) is 0.333. The van der Waals surface area contributed by atoms with Gasteiger partial charge in [-0.1, -0.05) is 48.5 Å². The van der Waals surface area contributed by atoms with Gasteiger partial charge in [0.15, 0.2) is 0 Å². The molecule has 5 heteroatoms. The van der Waals surface area contributed by atoms with E-state index in [2.05, 4.69) is 12.1 Å². The fourth-order valence-electron chi connectivity index (χ4n) is 3.60. The van der Waals surface area contributed by atoms with Gasteiger partial charge >= 0.3 is 6.03 Å². The van der Waals surface area contributed by atoms with E-state index in [1.807, 2.05) is 61.2 Å². The average molecular weight is 349 g/mol. The molecule has 1 aliphatic rings. The minimum absolute atomic E-state index is 0.00192. The first-order valence-electron chi connectivity index (χ1n) is 8.77. The summed E-state index contributed by atoms with van der Waals surface area (Å²) in [6, 6.07) is 21.0. The predicted molar refractivity (Wildman–Crippen MR) is 99.3 cm³/mol. The zero-order chi connectivity index (χ0) is 18.7. The van der Waals surface area contributed by atoms with E-state index in [-0.39, 0.29) is 30.5 Å². The van der Waals surface area contributed by atoms with Gasteiger partial charge in [-0.05, 0) is 31.5 Å². The summed E-state index contributed by atoms with van der Waals surface area (Å²) in [7, 11) is 0. The molecule has 1 saturated heterocycles. The smallest absolute Gasteiger partial charge is 0.315 e. The number of hydrogen-bond donors (Lipinski definition) is 1. The standard InChI is InChI=1S/C21H23N3O2/c1-15(2)23-13-18(24(21(22)26)14-19(23)25)20(16-9-5-3-6-10-16)17-11-7-4-8-12-17/h3-7,9-11,15,18,20H,13-14H2,1-2H3,(H2,22,26)/t18-,20?/m1/s1. The first-order chi connectivity index (χ1) is 12.5. The molecular weight excluding hydrogens is 326 g/mol. The number of carbonyl (C=O) groups excluding carboxylic acids is 2. The molecule has 2 aromatic rings. The summed E-state index contributed by atoms with van der Waals surface area (Å²) >= 11 is 0. The Morgan fingerprint density at radius 1 is 1.19 bits per heavy atom. The highest BCUT2D eigenvalue weighted by Crippen LogP contribution is 2.32. The maximum atomic E-state index is 12.5. The highest BCUT2D eigenvalue weighted by atomic mass is 16.2. The number of piperazine rings is 1. The second-order valence-electron chi connectivity index (χ2n) is 6.81. The zero-order valence-electron chi connectivity index (χ0n) is 15.1. The van der Waals surface area contributed by atoms with Gasteiger partial charge in [0.1, 0.15) is 6.54 Å². The average Bonchev–Trinajstić information content (AvgIpc) is 2.64. The van der Waals surface area contributed by atoms with Crippen LogP contribution < -0.4 is 5.73 Å². The van der Waals surface area contributed by atoms with Gasteiger partial charge in [0.05, 0.1) is 6.04 Å². The van der Waals surface area contributed by atoms with Gasteiger partial charge in [0.2, 0.25) is 5.91 Å². The maximum absolute atomic E-state index is 12.5. The molecule has 0 saturated carbocycles. The fourth-order valence-corrected chi connectivity index (χ4v) is 3.60. The van der Waals surface area contributed by atoms with Crippen molar-refractivity contribution in [1.29, 1.82) is 0 Å². The van der Waals surface area contributed by atoms with Crippen LogP contribution >= 0.6 is 0 Å². The summed E-state index contributed by atoms with van der Waals surface area (Å²) < 4.78 is 0. The molecule has 1 fully saturated rings. The van der Waals surface area contributed by atoms with Crippen molar-refractivity contribution in [2.45, 2.75) is 31.8 Å². The predicted octanol–water partition coefficient (Wildman–Crippen LogP) is 2.42. The summed E-state index contributed by atoms with van der Waals surface area (Å²) in [5.41, 5.74) is 7.61.